The fraction of sp³-hybridized carbons (Fsp3) is 0.636. The van der Waals surface area contributed by atoms with Crippen molar-refractivity contribution < 1.29 is 0 Å². The molecule has 78 valence electrons. The van der Waals surface area contributed by atoms with Crippen molar-refractivity contribution in [2.75, 3.05) is 11.9 Å². The number of thiophene rings is 1. The zero-order chi connectivity index (χ0) is 9.80. The van der Waals surface area contributed by atoms with E-state index in [4.69, 9.17) is 5.73 Å². The highest BCUT2D eigenvalue weighted by molar-refractivity contribution is 7.14. The van der Waals surface area contributed by atoms with E-state index >= 15 is 0 Å². The first-order chi connectivity index (χ1) is 6.84. The third-order valence-corrected chi connectivity index (χ3v) is 3.81. The van der Waals surface area contributed by atoms with Gasteiger partial charge in [0, 0.05) is 12.6 Å². The molecule has 1 aromatic heterocycles. The molecule has 0 radical (unpaired) electrons. The molecule has 1 heterocycles. The van der Waals surface area contributed by atoms with Gasteiger partial charge in [0.15, 0.2) is 0 Å². The maximum Gasteiger partial charge on any atom is 0.0882 e. The van der Waals surface area contributed by atoms with E-state index in [1.54, 1.807) is 11.3 Å². The second-order valence-corrected chi connectivity index (χ2v) is 5.09. The van der Waals surface area contributed by atoms with Crippen LogP contribution in [0.25, 0.3) is 0 Å². The summed E-state index contributed by atoms with van der Waals surface area (Å²) >= 11 is 1.78. The molecule has 1 aliphatic carbocycles. The lowest BCUT2D eigenvalue weighted by molar-refractivity contribution is 0.339. The van der Waals surface area contributed by atoms with Gasteiger partial charge in [-0.05, 0) is 49.1 Å². The molecule has 0 saturated heterocycles. The molecule has 3 N–H and O–H groups in total. The van der Waals surface area contributed by atoms with Gasteiger partial charge in [-0.15, -0.1) is 11.3 Å². The number of hydrogen-bond acceptors (Lipinski definition) is 3. The van der Waals surface area contributed by atoms with E-state index in [9.17, 15) is 0 Å². The Hall–Kier alpha value is -0.540. The summed E-state index contributed by atoms with van der Waals surface area (Å²) in [6, 6.07) is 4.69. The molecule has 3 heteroatoms. The van der Waals surface area contributed by atoms with Crippen LogP contribution in [0.4, 0.5) is 5.00 Å². The first kappa shape index (κ1) is 9.99. The smallest absolute Gasteiger partial charge is 0.0882 e. The van der Waals surface area contributed by atoms with Gasteiger partial charge < -0.3 is 11.1 Å². The number of anilines is 1. The highest BCUT2D eigenvalue weighted by atomic mass is 32.1. The van der Waals surface area contributed by atoms with Crippen LogP contribution < -0.4 is 11.1 Å². The normalized spacial score (nSPS) is 27.5. The van der Waals surface area contributed by atoms with Gasteiger partial charge in [-0.1, -0.05) is 0 Å². The quantitative estimate of drug-likeness (QED) is 0.805. The molecule has 0 unspecified atom stereocenters. The fourth-order valence-corrected chi connectivity index (χ4v) is 2.64. The SMILES string of the molecule is NC1CCC(CNc2cccs2)CC1. The van der Waals surface area contributed by atoms with Gasteiger partial charge in [-0.3, -0.25) is 0 Å². The Morgan fingerprint density at radius 2 is 2.14 bits per heavy atom. The molecule has 14 heavy (non-hydrogen) atoms. The maximum atomic E-state index is 5.87. The zero-order valence-electron chi connectivity index (χ0n) is 8.41. The molecule has 1 aliphatic rings. The lowest BCUT2D eigenvalue weighted by Gasteiger charge is -2.26. The molecule has 0 aliphatic heterocycles. The Bertz CT molecular complexity index is 250. The Balaban J connectivity index is 1.71. The predicted octanol–water partition coefficient (Wildman–Crippen LogP) is 2.68. The summed E-state index contributed by atoms with van der Waals surface area (Å²) in [4.78, 5) is 0. The number of hydrogen-bond donors (Lipinski definition) is 2. The zero-order valence-corrected chi connectivity index (χ0v) is 9.22. The van der Waals surface area contributed by atoms with Gasteiger partial charge in [0.25, 0.3) is 0 Å². The van der Waals surface area contributed by atoms with Crippen molar-refractivity contribution in [3.05, 3.63) is 17.5 Å². The minimum absolute atomic E-state index is 0.466. The first-order valence-corrected chi connectivity index (χ1v) is 6.25. The van der Waals surface area contributed by atoms with Crippen LogP contribution in [0.2, 0.25) is 0 Å². The standard InChI is InChI=1S/C11H18N2S/c12-10-5-3-9(4-6-10)8-13-11-2-1-7-14-11/h1-2,7,9-10,13H,3-6,8,12H2. The molecule has 1 fully saturated rings. The molecule has 0 atom stereocenters. The summed E-state index contributed by atoms with van der Waals surface area (Å²) in [5.74, 6) is 0.830. The molecular weight excluding hydrogens is 192 g/mol. The second kappa shape index (κ2) is 4.80. The van der Waals surface area contributed by atoms with E-state index in [0.717, 1.165) is 12.5 Å². The summed E-state index contributed by atoms with van der Waals surface area (Å²) in [7, 11) is 0. The van der Waals surface area contributed by atoms with Crippen LogP contribution in [-0.4, -0.2) is 12.6 Å². The van der Waals surface area contributed by atoms with E-state index < -0.39 is 0 Å². The van der Waals surface area contributed by atoms with Crippen LogP contribution in [-0.2, 0) is 0 Å². The highest BCUT2D eigenvalue weighted by Gasteiger charge is 2.17. The van der Waals surface area contributed by atoms with Crippen LogP contribution in [0.5, 0.6) is 0 Å². The van der Waals surface area contributed by atoms with E-state index in [0.29, 0.717) is 6.04 Å². The van der Waals surface area contributed by atoms with Crippen LogP contribution in [0.15, 0.2) is 17.5 Å². The number of nitrogens with two attached hydrogens (primary N) is 1. The molecule has 1 aromatic rings. The molecule has 0 amide bonds. The van der Waals surface area contributed by atoms with E-state index in [1.165, 1.54) is 30.7 Å². The average Bonchev–Trinajstić information content (AvgIpc) is 2.70. The predicted molar refractivity (Wildman–Crippen MR) is 62.7 cm³/mol. The topological polar surface area (TPSA) is 38.0 Å². The van der Waals surface area contributed by atoms with Crippen LogP contribution in [0, 0.1) is 5.92 Å². The molecule has 1 saturated carbocycles. The van der Waals surface area contributed by atoms with Crippen LogP contribution in [0.1, 0.15) is 25.7 Å². The molecule has 0 spiro atoms. The lowest BCUT2D eigenvalue weighted by Crippen LogP contribution is -2.29. The largest absolute Gasteiger partial charge is 0.377 e. The van der Waals surface area contributed by atoms with Crippen molar-refractivity contribution in [3.63, 3.8) is 0 Å². The molecule has 2 nitrogen and oxygen atoms in total. The van der Waals surface area contributed by atoms with Crippen molar-refractivity contribution in [1.29, 1.82) is 0 Å². The molecule has 0 bridgehead atoms. The molecule has 0 aromatic carbocycles. The monoisotopic (exact) mass is 210 g/mol. The van der Waals surface area contributed by atoms with Crippen molar-refractivity contribution in [2.45, 2.75) is 31.7 Å². The van der Waals surface area contributed by atoms with Gasteiger partial charge in [0.1, 0.15) is 0 Å². The molecule has 2 rings (SSSR count). The lowest BCUT2D eigenvalue weighted by atomic mass is 9.86. The van der Waals surface area contributed by atoms with Crippen LogP contribution in [0.3, 0.4) is 0 Å². The van der Waals surface area contributed by atoms with Crippen molar-refractivity contribution in [1.82, 2.24) is 0 Å². The van der Waals surface area contributed by atoms with Gasteiger partial charge in [-0.2, -0.15) is 0 Å². The van der Waals surface area contributed by atoms with Crippen molar-refractivity contribution >= 4 is 16.3 Å². The third-order valence-electron chi connectivity index (χ3n) is 2.98. The van der Waals surface area contributed by atoms with Gasteiger partial charge >= 0.3 is 0 Å². The third kappa shape index (κ3) is 2.72. The van der Waals surface area contributed by atoms with Crippen molar-refractivity contribution in [2.24, 2.45) is 11.7 Å². The Labute approximate surface area is 89.5 Å². The average molecular weight is 210 g/mol. The Morgan fingerprint density at radius 1 is 1.36 bits per heavy atom. The van der Waals surface area contributed by atoms with Crippen molar-refractivity contribution in [3.8, 4) is 0 Å². The minimum atomic E-state index is 0.466. The second-order valence-electron chi connectivity index (χ2n) is 4.14. The Kier molecular flexibility index (Phi) is 3.43. The van der Waals surface area contributed by atoms with Gasteiger partial charge in [0.2, 0.25) is 0 Å². The fourth-order valence-electron chi connectivity index (χ4n) is 2.02. The first-order valence-electron chi connectivity index (χ1n) is 5.37. The maximum absolute atomic E-state index is 5.87. The highest BCUT2D eigenvalue weighted by Crippen LogP contribution is 2.24. The minimum Gasteiger partial charge on any atom is -0.377 e. The summed E-state index contributed by atoms with van der Waals surface area (Å²) in [6.07, 6.45) is 4.99. The summed E-state index contributed by atoms with van der Waals surface area (Å²) in [5.41, 5.74) is 5.87. The van der Waals surface area contributed by atoms with E-state index in [-0.39, 0.29) is 0 Å². The summed E-state index contributed by atoms with van der Waals surface area (Å²) in [5, 5.41) is 6.89. The van der Waals surface area contributed by atoms with E-state index in [2.05, 4.69) is 22.8 Å². The summed E-state index contributed by atoms with van der Waals surface area (Å²) in [6.45, 7) is 1.12. The number of nitrogens with one attached hydrogen (secondary N) is 1. The van der Waals surface area contributed by atoms with Crippen LogP contribution >= 0.6 is 11.3 Å². The van der Waals surface area contributed by atoms with Gasteiger partial charge in [-0.25, -0.2) is 0 Å². The number of rotatable bonds is 3. The van der Waals surface area contributed by atoms with E-state index in [1.807, 2.05) is 0 Å². The molecular formula is C11H18N2S. The van der Waals surface area contributed by atoms with Gasteiger partial charge in [0.05, 0.1) is 5.00 Å². The summed E-state index contributed by atoms with van der Waals surface area (Å²) < 4.78 is 0. The Morgan fingerprint density at radius 3 is 2.79 bits per heavy atom.